The van der Waals surface area contributed by atoms with Gasteiger partial charge >= 0.3 is 0 Å². The fourth-order valence-electron chi connectivity index (χ4n) is 5.26. The summed E-state index contributed by atoms with van der Waals surface area (Å²) >= 11 is 18.4. The van der Waals surface area contributed by atoms with Gasteiger partial charge < -0.3 is 19.3 Å². The van der Waals surface area contributed by atoms with Crippen LogP contribution in [-0.2, 0) is 34.8 Å². The molecule has 1 N–H and O–H groups in total. The highest BCUT2D eigenvalue weighted by Crippen LogP contribution is 2.41. The number of rotatable bonds is 10. The molecule has 3 heterocycles. The third kappa shape index (κ3) is 9.13. The maximum atomic E-state index is 11.1. The van der Waals surface area contributed by atoms with E-state index in [1.807, 2.05) is 64.1 Å². The molecule has 0 spiro atoms. The topological polar surface area (TPSA) is 109 Å². The van der Waals surface area contributed by atoms with Crippen molar-refractivity contribution >= 4 is 34.8 Å². The molecule has 6 rings (SSSR count). The van der Waals surface area contributed by atoms with Crippen molar-refractivity contribution in [2.45, 2.75) is 71.1 Å². The van der Waals surface area contributed by atoms with E-state index in [0.29, 0.717) is 53.2 Å². The Kier molecular flexibility index (Phi) is 11.5. The Bertz CT molecular complexity index is 1730. The lowest BCUT2D eigenvalue weighted by Crippen LogP contribution is -2.47. The van der Waals surface area contributed by atoms with Crippen LogP contribution in [0.1, 0.15) is 45.2 Å². The molecular weight excluding hydrogens is 675 g/mol. The van der Waals surface area contributed by atoms with Gasteiger partial charge in [-0.3, -0.25) is 4.68 Å². The first kappa shape index (κ1) is 35.8. The lowest BCUT2D eigenvalue weighted by Gasteiger charge is -2.40. The minimum atomic E-state index is -1.02. The van der Waals surface area contributed by atoms with Crippen molar-refractivity contribution in [3.63, 3.8) is 0 Å². The highest BCUT2D eigenvalue weighted by atomic mass is 35.5. The number of benzene rings is 3. The van der Waals surface area contributed by atoms with Crippen molar-refractivity contribution in [1.29, 1.82) is 0 Å². The average molecular weight is 714 g/mol. The summed E-state index contributed by atoms with van der Waals surface area (Å²) in [6, 6.07) is 20.3. The number of nitrogens with zero attached hydrogens (tertiary/aromatic N) is 6. The Morgan fingerprint density at radius 1 is 0.875 bits per heavy atom. The Hall–Kier alpha value is -3.51. The zero-order chi connectivity index (χ0) is 34.4. The van der Waals surface area contributed by atoms with Gasteiger partial charge in [0.25, 0.3) is 0 Å². The predicted octanol–water partition coefficient (Wildman–Crippen LogP) is 8.01. The number of hydrogen-bond acceptors (Lipinski definition) is 8. The van der Waals surface area contributed by atoms with Crippen LogP contribution in [0.15, 0.2) is 92.0 Å². The molecule has 3 aromatic carbocycles. The summed E-state index contributed by atoms with van der Waals surface area (Å²) in [6.45, 7) is 9.34. The molecule has 2 aromatic heterocycles. The van der Waals surface area contributed by atoms with Gasteiger partial charge in [-0.25, -0.2) is 14.6 Å². The Morgan fingerprint density at radius 3 is 2.02 bits per heavy atom. The van der Waals surface area contributed by atoms with Gasteiger partial charge in [-0.2, -0.15) is 10.2 Å². The first-order valence-electron chi connectivity index (χ1n) is 15.5. The number of halogens is 3. The highest BCUT2D eigenvalue weighted by Gasteiger charge is 2.44. The molecule has 5 aromatic rings. The largest absolute Gasteiger partial charge is 0.457 e. The molecule has 10 nitrogen and oxygen atoms in total. The van der Waals surface area contributed by atoms with Crippen LogP contribution in [0, 0.1) is 5.41 Å². The summed E-state index contributed by atoms with van der Waals surface area (Å²) in [6.07, 6.45) is 7.59. The fraction of sp³-hybridized carbons (Fsp3) is 0.371. The van der Waals surface area contributed by atoms with E-state index in [0.717, 1.165) is 11.4 Å². The van der Waals surface area contributed by atoms with Gasteiger partial charge in [-0.15, -0.1) is 0 Å². The second-order valence-electron chi connectivity index (χ2n) is 12.8. The highest BCUT2D eigenvalue weighted by molar-refractivity contribution is 6.31. The molecule has 0 radical (unpaired) electrons. The van der Waals surface area contributed by atoms with Gasteiger partial charge in [-0.05, 0) is 85.3 Å². The zero-order valence-corrected chi connectivity index (χ0v) is 29.5. The quantitative estimate of drug-likeness (QED) is 0.155. The van der Waals surface area contributed by atoms with E-state index in [1.165, 1.54) is 18.2 Å². The molecule has 1 aliphatic heterocycles. The molecule has 0 aliphatic carbocycles. The molecule has 254 valence electrons. The number of aryl methyl sites for hydroxylation is 1. The molecule has 0 saturated carbocycles. The zero-order valence-electron chi connectivity index (χ0n) is 27.3. The monoisotopic (exact) mass is 712 g/mol. The summed E-state index contributed by atoms with van der Waals surface area (Å²) in [5.41, 5.74) is 0.763. The minimum Gasteiger partial charge on any atom is -0.457 e. The van der Waals surface area contributed by atoms with E-state index < -0.39 is 11.4 Å². The molecular formula is C35H39Cl3N6O4. The van der Waals surface area contributed by atoms with E-state index in [4.69, 9.17) is 49.0 Å². The van der Waals surface area contributed by atoms with Crippen molar-refractivity contribution in [2.75, 3.05) is 6.61 Å². The van der Waals surface area contributed by atoms with E-state index in [-0.39, 0.29) is 11.5 Å². The van der Waals surface area contributed by atoms with Gasteiger partial charge in [0, 0.05) is 15.6 Å². The van der Waals surface area contributed by atoms with Crippen LogP contribution in [0.4, 0.5) is 0 Å². The second kappa shape index (κ2) is 15.4. The summed E-state index contributed by atoms with van der Waals surface area (Å²) in [5.74, 6) is 0.249. The van der Waals surface area contributed by atoms with Gasteiger partial charge in [0.05, 0.1) is 29.9 Å². The Labute approximate surface area is 295 Å². The van der Waals surface area contributed by atoms with Crippen LogP contribution in [0.2, 0.25) is 15.1 Å². The molecule has 1 aliphatic rings. The van der Waals surface area contributed by atoms with Gasteiger partial charge in [0.2, 0.25) is 5.79 Å². The Balaban J connectivity index is 0.000000194. The maximum absolute atomic E-state index is 11.1. The number of ether oxygens (including phenoxy) is 3. The van der Waals surface area contributed by atoms with Gasteiger partial charge in [-0.1, -0.05) is 67.7 Å². The van der Waals surface area contributed by atoms with E-state index in [1.54, 1.807) is 52.4 Å². The molecule has 3 unspecified atom stereocenters. The van der Waals surface area contributed by atoms with Crippen LogP contribution in [-0.4, -0.2) is 52.9 Å². The second-order valence-corrected chi connectivity index (χ2v) is 14.1. The molecule has 13 heteroatoms. The van der Waals surface area contributed by atoms with E-state index >= 15 is 0 Å². The third-order valence-corrected chi connectivity index (χ3v) is 9.02. The fourth-order valence-corrected chi connectivity index (χ4v) is 5.83. The van der Waals surface area contributed by atoms with Gasteiger partial charge in [0.1, 0.15) is 43.4 Å². The normalized spacial score (nSPS) is 19.0. The summed E-state index contributed by atoms with van der Waals surface area (Å²) in [4.78, 5) is 7.92. The van der Waals surface area contributed by atoms with Crippen LogP contribution in [0.5, 0.6) is 11.5 Å². The molecule has 0 amide bonds. The molecule has 0 bridgehead atoms. The number of aromatic nitrogens is 6. The average Bonchev–Trinajstić information content (AvgIpc) is 3.82. The van der Waals surface area contributed by atoms with Crippen LogP contribution < -0.4 is 4.74 Å². The predicted molar refractivity (Wildman–Crippen MR) is 185 cm³/mol. The number of aliphatic hydroxyl groups is 1. The van der Waals surface area contributed by atoms with Crippen molar-refractivity contribution in [1.82, 2.24) is 29.5 Å². The van der Waals surface area contributed by atoms with Crippen molar-refractivity contribution in [3.05, 3.63) is 118 Å². The smallest absolute Gasteiger partial charge is 0.217 e. The standard InChI is InChI=1S/C19H17Cl2N3O3.C16H22ClN3O/c1-13-9-25-19(27-13,10-24-12-22-11-23-24)17-7-6-16(8-18(17)21)26-15-4-2-14(20)3-5-15;1-15(2,3)16(21,10-20-12-18-11-19-20)9-8-13-4-6-14(17)7-5-13/h2-8,11-13H,9-10H2,1H3;4-7,11-12,21H,8-10H2,1-3H3. The van der Waals surface area contributed by atoms with Gasteiger partial charge in [0.15, 0.2) is 0 Å². The van der Waals surface area contributed by atoms with Crippen molar-refractivity contribution in [3.8, 4) is 11.5 Å². The summed E-state index contributed by atoms with van der Waals surface area (Å²) in [5, 5.41) is 21.2. The lowest BCUT2D eigenvalue weighted by atomic mass is 9.73. The number of hydrogen-bond donors (Lipinski definition) is 1. The molecule has 48 heavy (non-hydrogen) atoms. The SMILES string of the molecule is CC(C)(C)C(O)(CCc1ccc(Cl)cc1)Cn1cncn1.CC1COC(Cn2cncn2)(c2ccc(Oc3ccc(Cl)cc3)cc2Cl)O1. The van der Waals surface area contributed by atoms with Crippen LogP contribution >= 0.6 is 34.8 Å². The molecule has 3 atom stereocenters. The minimum absolute atomic E-state index is 0.0606. The van der Waals surface area contributed by atoms with E-state index in [9.17, 15) is 5.11 Å². The first-order chi connectivity index (χ1) is 22.8. The van der Waals surface area contributed by atoms with Crippen LogP contribution in [0.25, 0.3) is 0 Å². The summed E-state index contributed by atoms with van der Waals surface area (Å²) < 4.78 is 21.3. The van der Waals surface area contributed by atoms with Crippen molar-refractivity contribution in [2.24, 2.45) is 5.41 Å². The first-order valence-corrected chi connectivity index (χ1v) is 16.6. The summed E-state index contributed by atoms with van der Waals surface area (Å²) in [7, 11) is 0. The Morgan fingerprint density at radius 2 is 1.48 bits per heavy atom. The van der Waals surface area contributed by atoms with Crippen molar-refractivity contribution < 1.29 is 19.3 Å². The third-order valence-electron chi connectivity index (χ3n) is 8.21. The molecule has 1 saturated heterocycles. The van der Waals surface area contributed by atoms with E-state index in [2.05, 4.69) is 20.2 Å². The lowest BCUT2D eigenvalue weighted by molar-refractivity contribution is -0.186. The molecule has 1 fully saturated rings. The maximum Gasteiger partial charge on any atom is 0.217 e. The van der Waals surface area contributed by atoms with Crippen LogP contribution in [0.3, 0.4) is 0 Å².